The van der Waals surface area contributed by atoms with Crippen LogP contribution in [-0.2, 0) is 11.5 Å². The molecule has 2 aromatic rings. The van der Waals surface area contributed by atoms with E-state index in [9.17, 15) is 0 Å². The Morgan fingerprint density at radius 3 is 2.07 bits per heavy atom. The maximum absolute atomic E-state index is 6.03. The topological polar surface area (TPSA) is 39.9 Å². The van der Waals surface area contributed by atoms with Crippen LogP contribution in [0.25, 0.3) is 11.2 Å². The fourth-order valence-electron chi connectivity index (χ4n) is 4.23. The molecule has 0 aromatic carbocycles. The first-order valence-electron chi connectivity index (χ1n) is 12.2. The van der Waals surface area contributed by atoms with Crippen LogP contribution < -0.4 is 3.58 Å². The third-order valence-electron chi connectivity index (χ3n) is 6.34. The second-order valence-corrected chi connectivity index (χ2v) is 29.1. The van der Waals surface area contributed by atoms with Gasteiger partial charge in [-0.3, -0.25) is 0 Å². The number of rotatable bonds is 15. The Labute approximate surface area is 190 Å². The van der Waals surface area contributed by atoms with Crippen LogP contribution in [-0.4, -0.2) is 47.6 Å². The summed E-state index contributed by atoms with van der Waals surface area (Å²) in [5.41, 5.74) is 2.04. The summed E-state index contributed by atoms with van der Waals surface area (Å²) in [7, 11) is -1.06. The zero-order valence-corrected chi connectivity index (χ0v) is 24.3. The van der Waals surface area contributed by atoms with E-state index in [4.69, 9.17) is 9.72 Å². The van der Waals surface area contributed by atoms with Gasteiger partial charge in [0.2, 0.25) is 0 Å². The van der Waals surface area contributed by atoms with Crippen molar-refractivity contribution in [3.8, 4) is 0 Å². The number of ether oxygens (including phenoxy) is 1. The molecule has 0 saturated carbocycles. The summed E-state index contributed by atoms with van der Waals surface area (Å²) >= 11 is -2.47. The number of fused-ring (bicyclic) bond motifs is 1. The van der Waals surface area contributed by atoms with E-state index in [0.29, 0.717) is 6.73 Å². The number of nitrogens with zero attached hydrogens (tertiary/aromatic N) is 3. The van der Waals surface area contributed by atoms with Crippen molar-refractivity contribution in [3.63, 3.8) is 0 Å². The van der Waals surface area contributed by atoms with Gasteiger partial charge < -0.3 is 0 Å². The Hall–Kier alpha value is -0.404. The molecule has 30 heavy (non-hydrogen) atoms. The van der Waals surface area contributed by atoms with Crippen molar-refractivity contribution in [2.75, 3.05) is 6.61 Å². The van der Waals surface area contributed by atoms with Crippen molar-refractivity contribution < 1.29 is 4.74 Å². The molecule has 0 bridgehead atoms. The molecule has 170 valence electrons. The van der Waals surface area contributed by atoms with Gasteiger partial charge in [0.1, 0.15) is 0 Å². The van der Waals surface area contributed by atoms with Crippen LogP contribution in [0.1, 0.15) is 59.3 Å². The summed E-state index contributed by atoms with van der Waals surface area (Å²) in [6.07, 6.45) is 12.2. The number of hydrogen-bond donors (Lipinski definition) is 0. The minimum atomic E-state index is -2.47. The zero-order chi connectivity index (χ0) is 22.0. The Kier molecular flexibility index (Phi) is 10.8. The standard InChI is InChI=1S/C12H18N3OSi.3C4H9.Sn/c1-17(2,3)8-7-16-10-15-9-14-12-11(15)5-4-6-13-12;3*1-3-4-2;/h5-6,9H,7-8,10H2,1-3H3;3*1,3-4H2,2H3;. The Bertz CT molecular complexity index is 735. The summed E-state index contributed by atoms with van der Waals surface area (Å²) in [4.78, 5) is 9.39. The van der Waals surface area contributed by atoms with E-state index >= 15 is 0 Å². The van der Waals surface area contributed by atoms with E-state index in [1.54, 1.807) is 3.58 Å². The summed E-state index contributed by atoms with van der Waals surface area (Å²) < 4.78 is 14.2. The van der Waals surface area contributed by atoms with Gasteiger partial charge in [0, 0.05) is 0 Å². The Morgan fingerprint density at radius 2 is 1.53 bits per heavy atom. The summed E-state index contributed by atoms with van der Waals surface area (Å²) in [5, 5.41) is 0. The fraction of sp³-hybridized carbons (Fsp3) is 0.750. The predicted octanol–water partition coefficient (Wildman–Crippen LogP) is 6.80. The quantitative estimate of drug-likeness (QED) is 0.185. The maximum atomic E-state index is 6.03. The van der Waals surface area contributed by atoms with Gasteiger partial charge in [-0.15, -0.1) is 0 Å². The van der Waals surface area contributed by atoms with Gasteiger partial charge in [-0.05, 0) is 0 Å². The van der Waals surface area contributed by atoms with Crippen LogP contribution in [0.4, 0.5) is 0 Å². The van der Waals surface area contributed by atoms with E-state index in [2.05, 4.69) is 62.2 Å². The molecule has 0 N–H and O–H groups in total. The van der Waals surface area contributed by atoms with Crippen molar-refractivity contribution in [1.82, 2.24) is 14.5 Å². The second-order valence-electron chi connectivity index (χ2n) is 10.2. The van der Waals surface area contributed by atoms with Crippen molar-refractivity contribution in [1.29, 1.82) is 0 Å². The van der Waals surface area contributed by atoms with Gasteiger partial charge in [0.05, 0.1) is 0 Å². The molecule has 0 aliphatic heterocycles. The molecule has 6 heteroatoms. The average Bonchev–Trinajstić information content (AvgIpc) is 3.12. The number of hydrogen-bond acceptors (Lipinski definition) is 3. The molecule has 0 aliphatic carbocycles. The van der Waals surface area contributed by atoms with Crippen molar-refractivity contribution in [3.05, 3.63) is 18.6 Å². The monoisotopic (exact) mass is 539 g/mol. The van der Waals surface area contributed by atoms with E-state index in [1.165, 1.54) is 63.4 Å². The first-order chi connectivity index (χ1) is 14.3. The summed E-state index contributed by atoms with van der Waals surface area (Å²) in [5.74, 6) is 0. The molecule has 0 atom stereocenters. The molecular formula is C24H45N3OSiSn. The van der Waals surface area contributed by atoms with Crippen molar-refractivity contribution in [2.45, 2.75) is 105 Å². The fourth-order valence-corrected chi connectivity index (χ4v) is 20.7. The molecule has 0 saturated heterocycles. The molecule has 2 heterocycles. The van der Waals surface area contributed by atoms with E-state index in [1.807, 2.05) is 6.33 Å². The van der Waals surface area contributed by atoms with Crippen LogP contribution in [0.2, 0.25) is 39.0 Å². The normalized spacial score (nSPS) is 12.7. The van der Waals surface area contributed by atoms with Gasteiger partial charge in [0.25, 0.3) is 0 Å². The summed E-state index contributed by atoms with van der Waals surface area (Å²) in [6.45, 7) is 15.6. The second kappa shape index (κ2) is 12.6. The zero-order valence-electron chi connectivity index (χ0n) is 20.5. The molecular weight excluding hydrogens is 493 g/mol. The van der Waals surface area contributed by atoms with Crippen LogP contribution >= 0.6 is 0 Å². The molecule has 0 spiro atoms. The van der Waals surface area contributed by atoms with Crippen LogP contribution in [0, 0.1) is 0 Å². The molecule has 0 aliphatic rings. The van der Waals surface area contributed by atoms with Gasteiger partial charge in [-0.2, -0.15) is 0 Å². The van der Waals surface area contributed by atoms with Gasteiger partial charge >= 0.3 is 191 Å². The third-order valence-corrected chi connectivity index (χ3v) is 23.5. The Morgan fingerprint density at radius 1 is 0.933 bits per heavy atom. The first kappa shape index (κ1) is 25.9. The Balaban J connectivity index is 2.29. The number of imidazole rings is 1. The van der Waals surface area contributed by atoms with Gasteiger partial charge in [-0.25, -0.2) is 0 Å². The molecule has 0 fully saturated rings. The van der Waals surface area contributed by atoms with E-state index < -0.39 is 26.5 Å². The minimum absolute atomic E-state index is 0.591. The molecule has 0 radical (unpaired) electrons. The van der Waals surface area contributed by atoms with Crippen LogP contribution in [0.15, 0.2) is 18.6 Å². The average molecular weight is 538 g/mol. The molecule has 0 amide bonds. The first-order valence-corrected chi connectivity index (χ1v) is 23.4. The molecule has 0 unspecified atom stereocenters. The SMILES string of the molecule is CCC[CH2][Sn]([CH2]CCC)([CH2]CCC)[c]1cnc2ncn(COCC[Si](C)(C)C)c2c1. The summed E-state index contributed by atoms with van der Waals surface area (Å²) in [6, 6.07) is 3.67. The number of aromatic nitrogens is 3. The molecule has 2 aromatic heterocycles. The van der Waals surface area contributed by atoms with Crippen molar-refractivity contribution >= 4 is 41.2 Å². The number of unbranched alkanes of at least 4 members (excludes halogenated alkanes) is 3. The molecule has 4 nitrogen and oxygen atoms in total. The molecule has 2 rings (SSSR count). The van der Waals surface area contributed by atoms with E-state index in [-0.39, 0.29) is 0 Å². The van der Waals surface area contributed by atoms with Gasteiger partial charge in [0.15, 0.2) is 0 Å². The number of pyridine rings is 1. The van der Waals surface area contributed by atoms with Crippen LogP contribution in [0.5, 0.6) is 0 Å². The van der Waals surface area contributed by atoms with Gasteiger partial charge in [-0.1, -0.05) is 0 Å². The van der Waals surface area contributed by atoms with E-state index in [0.717, 1.165) is 12.3 Å². The van der Waals surface area contributed by atoms with Crippen LogP contribution in [0.3, 0.4) is 0 Å². The van der Waals surface area contributed by atoms with Crippen molar-refractivity contribution in [2.24, 2.45) is 0 Å². The predicted molar refractivity (Wildman–Crippen MR) is 136 cm³/mol. The third kappa shape index (κ3) is 7.62.